The van der Waals surface area contributed by atoms with Gasteiger partial charge in [-0.15, -0.1) is 0 Å². The summed E-state index contributed by atoms with van der Waals surface area (Å²) in [4.78, 5) is 46.9. The number of rotatable bonds is 10. The van der Waals surface area contributed by atoms with Crippen molar-refractivity contribution in [3.8, 4) is 23.0 Å². The third-order valence-corrected chi connectivity index (χ3v) is 4.73. The molecule has 0 aliphatic rings. The lowest BCUT2D eigenvalue weighted by Crippen LogP contribution is -2.07. The van der Waals surface area contributed by atoms with Gasteiger partial charge in [-0.3, -0.25) is 0 Å². The highest BCUT2D eigenvalue weighted by atomic mass is 16.6. The Balaban J connectivity index is 2.64. The Morgan fingerprint density at radius 3 is 0.917 bits per heavy atom. The Bertz CT molecular complexity index is 1120. The van der Waals surface area contributed by atoms with E-state index in [4.69, 9.17) is 18.9 Å². The molecule has 8 nitrogen and oxygen atoms in total. The monoisotopic (exact) mass is 488 g/mol. The maximum atomic E-state index is 11.7. The molecule has 2 rings (SSSR count). The lowest BCUT2D eigenvalue weighted by molar-refractivity contribution is -0.130. The number of allylic oxidation sites excluding steroid dienone is 2. The molecule has 0 fully saturated rings. The van der Waals surface area contributed by atoms with E-state index in [1.54, 1.807) is 38.1 Å². The number of hydrogen-bond donors (Lipinski definition) is 0. The predicted molar refractivity (Wildman–Crippen MR) is 134 cm³/mol. The Labute approximate surface area is 208 Å². The van der Waals surface area contributed by atoms with Gasteiger partial charge in [0.15, 0.2) is 0 Å². The first-order valence-corrected chi connectivity index (χ1v) is 10.5. The minimum Gasteiger partial charge on any atom is -0.423 e. The zero-order chi connectivity index (χ0) is 26.8. The number of carbonyl (C=O) groups excluding carboxylic acids is 4. The van der Waals surface area contributed by atoms with E-state index < -0.39 is 23.9 Å². The number of carbonyl (C=O) groups is 4. The third-order valence-electron chi connectivity index (χ3n) is 4.73. The van der Waals surface area contributed by atoms with Crippen LogP contribution in [-0.2, 0) is 19.2 Å². The Morgan fingerprint density at radius 1 is 0.500 bits per heavy atom. The van der Waals surface area contributed by atoms with Crippen molar-refractivity contribution in [2.45, 2.75) is 13.8 Å². The number of ether oxygens (including phenoxy) is 4. The number of hydrogen-bond acceptors (Lipinski definition) is 8. The maximum Gasteiger partial charge on any atom is 0.335 e. The third kappa shape index (κ3) is 7.53. The zero-order valence-corrected chi connectivity index (χ0v) is 19.9. The summed E-state index contributed by atoms with van der Waals surface area (Å²) in [6, 6.07) is 9.04. The molecule has 2 aromatic carbocycles. The molecule has 0 amide bonds. The summed E-state index contributed by atoms with van der Waals surface area (Å²) in [6.45, 7) is 17.0. The van der Waals surface area contributed by atoms with Gasteiger partial charge in [-0.1, -0.05) is 26.3 Å². The molecule has 0 heterocycles. The van der Waals surface area contributed by atoms with E-state index in [0.717, 1.165) is 24.3 Å². The molecule has 36 heavy (non-hydrogen) atoms. The second kappa shape index (κ2) is 12.5. The van der Waals surface area contributed by atoms with Crippen LogP contribution < -0.4 is 18.9 Å². The second-order valence-corrected chi connectivity index (χ2v) is 7.14. The largest absolute Gasteiger partial charge is 0.423 e. The van der Waals surface area contributed by atoms with Crippen molar-refractivity contribution in [1.82, 2.24) is 0 Å². The second-order valence-electron chi connectivity index (χ2n) is 7.14. The van der Waals surface area contributed by atoms with Crippen LogP contribution in [0.5, 0.6) is 23.0 Å². The lowest BCUT2D eigenvalue weighted by atomic mass is 9.96. The van der Waals surface area contributed by atoms with Gasteiger partial charge in [0.1, 0.15) is 23.0 Å². The molecule has 0 saturated heterocycles. The quantitative estimate of drug-likeness (QED) is 0.199. The molecular weight excluding hydrogens is 464 g/mol. The normalized spacial score (nSPS) is 10.7. The van der Waals surface area contributed by atoms with E-state index in [-0.39, 0.29) is 23.0 Å². The van der Waals surface area contributed by atoms with Crippen molar-refractivity contribution >= 4 is 35.0 Å². The average Bonchev–Trinajstić information content (AvgIpc) is 2.86. The predicted octanol–water partition coefficient (Wildman–Crippen LogP) is 5.00. The van der Waals surface area contributed by atoms with Crippen molar-refractivity contribution in [3.63, 3.8) is 0 Å². The van der Waals surface area contributed by atoms with Gasteiger partial charge in [0.2, 0.25) is 0 Å². The fraction of sp³-hybridized carbons (Fsp3) is 0.0714. The van der Waals surface area contributed by atoms with E-state index >= 15 is 0 Å². The van der Waals surface area contributed by atoms with Crippen LogP contribution in [0.2, 0.25) is 0 Å². The fourth-order valence-corrected chi connectivity index (χ4v) is 2.88. The van der Waals surface area contributed by atoms with Gasteiger partial charge in [-0.05, 0) is 60.4 Å². The van der Waals surface area contributed by atoms with Crippen LogP contribution in [0.1, 0.15) is 25.0 Å². The Hall–Kier alpha value is -4.98. The van der Waals surface area contributed by atoms with Gasteiger partial charge in [0.25, 0.3) is 0 Å². The maximum absolute atomic E-state index is 11.7. The van der Waals surface area contributed by atoms with Crippen molar-refractivity contribution in [3.05, 3.63) is 98.1 Å². The Morgan fingerprint density at radius 2 is 0.722 bits per heavy atom. The first-order valence-electron chi connectivity index (χ1n) is 10.5. The highest BCUT2D eigenvalue weighted by Crippen LogP contribution is 2.34. The van der Waals surface area contributed by atoms with Gasteiger partial charge in [-0.2, -0.15) is 0 Å². The molecule has 8 heteroatoms. The molecule has 0 saturated carbocycles. The zero-order valence-electron chi connectivity index (χ0n) is 19.9. The van der Waals surface area contributed by atoms with E-state index in [1.807, 2.05) is 0 Å². The van der Waals surface area contributed by atoms with Crippen molar-refractivity contribution < 1.29 is 38.1 Å². The summed E-state index contributed by atoms with van der Waals surface area (Å²) >= 11 is 0. The summed E-state index contributed by atoms with van der Waals surface area (Å²) in [5.74, 6) is -2.32. The summed E-state index contributed by atoms with van der Waals surface area (Å²) in [6.07, 6.45) is 3.99. The van der Waals surface area contributed by atoms with E-state index in [2.05, 4.69) is 26.3 Å². The van der Waals surface area contributed by atoms with Gasteiger partial charge >= 0.3 is 23.9 Å². The summed E-state index contributed by atoms with van der Waals surface area (Å²) in [5, 5.41) is 0. The minimum absolute atomic E-state index is 0.116. The summed E-state index contributed by atoms with van der Waals surface area (Å²) in [5.41, 5.74) is 2.45. The van der Waals surface area contributed by atoms with Crippen molar-refractivity contribution in [2.24, 2.45) is 0 Å². The molecule has 0 N–H and O–H groups in total. The van der Waals surface area contributed by atoms with Crippen LogP contribution in [0.4, 0.5) is 0 Å². The molecule has 0 radical (unpaired) electrons. The van der Waals surface area contributed by atoms with Gasteiger partial charge in [0, 0.05) is 36.4 Å². The number of benzene rings is 2. The smallest absolute Gasteiger partial charge is 0.335 e. The van der Waals surface area contributed by atoms with Crippen molar-refractivity contribution in [1.29, 1.82) is 0 Å². The number of esters is 4. The lowest BCUT2D eigenvalue weighted by Gasteiger charge is -2.14. The van der Waals surface area contributed by atoms with Crippen LogP contribution in [0, 0.1) is 0 Å². The van der Waals surface area contributed by atoms with Crippen LogP contribution in [0.3, 0.4) is 0 Å². The first kappa shape index (κ1) is 27.3. The van der Waals surface area contributed by atoms with Crippen molar-refractivity contribution in [2.75, 3.05) is 0 Å². The molecule has 184 valence electrons. The summed E-state index contributed by atoms with van der Waals surface area (Å²) < 4.78 is 20.9. The van der Waals surface area contributed by atoms with Gasteiger partial charge in [-0.25, -0.2) is 19.2 Å². The van der Waals surface area contributed by atoms with E-state index in [1.165, 1.54) is 12.1 Å². The molecule has 0 aromatic heterocycles. The van der Waals surface area contributed by atoms with E-state index in [9.17, 15) is 19.2 Å². The summed E-state index contributed by atoms with van der Waals surface area (Å²) in [7, 11) is 0. The van der Waals surface area contributed by atoms with E-state index in [0.29, 0.717) is 22.3 Å². The highest BCUT2D eigenvalue weighted by Gasteiger charge is 2.14. The SMILES string of the molecule is C=CC(=O)Oc1cc(OC(=O)C=C)cc(/C(C)=C(\C)c2cc(OC(=O)C=C)cc(OC(=O)C=C)c2)c1. The molecular formula is C28H24O8. The molecule has 0 bridgehead atoms. The molecule has 0 unspecified atom stereocenters. The van der Waals surface area contributed by atoms with Gasteiger partial charge < -0.3 is 18.9 Å². The Kier molecular flexibility index (Phi) is 9.45. The van der Waals surface area contributed by atoms with Crippen LogP contribution >= 0.6 is 0 Å². The molecule has 0 spiro atoms. The first-order chi connectivity index (χ1) is 17.1. The van der Waals surface area contributed by atoms with Crippen LogP contribution in [0.15, 0.2) is 87.0 Å². The average molecular weight is 488 g/mol. The fourth-order valence-electron chi connectivity index (χ4n) is 2.88. The van der Waals surface area contributed by atoms with Crippen LogP contribution in [-0.4, -0.2) is 23.9 Å². The molecule has 2 aromatic rings. The molecule has 0 aliphatic carbocycles. The van der Waals surface area contributed by atoms with Gasteiger partial charge in [0.05, 0.1) is 0 Å². The minimum atomic E-state index is -0.697. The molecule has 0 aliphatic heterocycles. The highest BCUT2D eigenvalue weighted by molar-refractivity contribution is 5.92. The topological polar surface area (TPSA) is 105 Å². The van der Waals surface area contributed by atoms with Crippen LogP contribution in [0.25, 0.3) is 11.1 Å². The standard InChI is InChI=1S/C28H24O8/c1-7-25(29)33-21-11-19(12-22(15-21)34-26(30)8-2)17(5)18(6)20-13-23(35-27(31)9-3)16-24(14-20)36-28(32)10-4/h7-16H,1-4H2,5-6H3/b18-17+. The molecule has 0 atom stereocenters.